The Hall–Kier alpha value is -2.23. The van der Waals surface area contributed by atoms with Gasteiger partial charge in [0.25, 0.3) is 0 Å². The van der Waals surface area contributed by atoms with Crippen LogP contribution in [0.15, 0.2) is 54.9 Å². The summed E-state index contributed by atoms with van der Waals surface area (Å²) in [6.45, 7) is 4.38. The molecule has 0 radical (unpaired) electrons. The number of nitrogens with zero attached hydrogens (tertiary/aromatic N) is 1. The monoisotopic (exact) mass is 303 g/mol. The second-order valence-corrected chi connectivity index (χ2v) is 6.95. The number of ether oxygens (including phenoxy) is 1. The first-order valence-electron chi connectivity index (χ1n) is 7.90. The van der Waals surface area contributed by atoms with Crippen molar-refractivity contribution in [3.8, 4) is 0 Å². The number of aliphatic hydroxyl groups excluding tert-OH is 1. The molecule has 0 fully saturated rings. The summed E-state index contributed by atoms with van der Waals surface area (Å²) in [5, 5.41) is 13.0. The van der Waals surface area contributed by atoms with Crippen molar-refractivity contribution in [3.63, 3.8) is 0 Å². The lowest BCUT2D eigenvalue weighted by Crippen LogP contribution is -2.42. The van der Waals surface area contributed by atoms with Crippen molar-refractivity contribution >= 4 is 10.8 Å². The van der Waals surface area contributed by atoms with Crippen LogP contribution in [0.3, 0.4) is 0 Å². The van der Waals surface area contributed by atoms with Crippen molar-refractivity contribution < 1.29 is 9.84 Å². The summed E-state index contributed by atoms with van der Waals surface area (Å²) in [7, 11) is 0. The van der Waals surface area contributed by atoms with Gasteiger partial charge in [-0.15, -0.1) is 0 Å². The van der Waals surface area contributed by atoms with Gasteiger partial charge in [-0.25, -0.2) is 0 Å². The van der Waals surface area contributed by atoms with Gasteiger partial charge in [0.1, 0.15) is 5.60 Å². The van der Waals surface area contributed by atoms with E-state index in [-0.39, 0.29) is 5.41 Å². The Morgan fingerprint density at radius 1 is 1.00 bits per heavy atom. The molecule has 3 nitrogen and oxygen atoms in total. The fourth-order valence-corrected chi connectivity index (χ4v) is 4.58. The normalized spacial score (nSPS) is 26.8. The molecule has 5 rings (SSSR count). The lowest BCUT2D eigenvalue weighted by atomic mass is 9.69. The highest BCUT2D eigenvalue weighted by Crippen LogP contribution is 2.62. The van der Waals surface area contributed by atoms with Gasteiger partial charge in [-0.3, -0.25) is 4.98 Å². The third-order valence-electron chi connectivity index (χ3n) is 5.63. The van der Waals surface area contributed by atoms with E-state index in [4.69, 9.17) is 4.74 Å². The molecule has 0 saturated heterocycles. The van der Waals surface area contributed by atoms with Crippen LogP contribution < -0.4 is 0 Å². The Labute approximate surface area is 134 Å². The topological polar surface area (TPSA) is 42.4 Å². The van der Waals surface area contributed by atoms with Crippen molar-refractivity contribution in [2.24, 2.45) is 0 Å². The molecular formula is C20H17NO2. The summed E-state index contributed by atoms with van der Waals surface area (Å²) in [4.78, 5) is 4.31. The smallest absolute Gasteiger partial charge is 0.183 e. The zero-order valence-corrected chi connectivity index (χ0v) is 13.1. The molecular weight excluding hydrogens is 286 g/mol. The molecule has 1 aromatic heterocycles. The molecule has 3 aromatic rings. The zero-order valence-electron chi connectivity index (χ0n) is 13.1. The number of aliphatic hydroxyl groups is 1. The largest absolute Gasteiger partial charge is 0.364 e. The fraction of sp³-hybridized carbons (Fsp3) is 0.250. The molecule has 2 heterocycles. The minimum Gasteiger partial charge on any atom is -0.364 e. The molecule has 2 aliphatic rings. The van der Waals surface area contributed by atoms with E-state index in [2.05, 4.69) is 55.2 Å². The molecule has 2 unspecified atom stereocenters. The SMILES string of the molecule is CC1(C)c2cccc3cccc(c23)C12OC(O)c1ccncc12. The molecule has 0 amide bonds. The first kappa shape index (κ1) is 13.2. The molecule has 0 saturated carbocycles. The van der Waals surface area contributed by atoms with Gasteiger partial charge in [-0.05, 0) is 28.0 Å². The van der Waals surface area contributed by atoms with Crippen molar-refractivity contribution in [2.75, 3.05) is 0 Å². The average molecular weight is 303 g/mol. The number of hydrogen-bond donors (Lipinski definition) is 1. The van der Waals surface area contributed by atoms with Gasteiger partial charge in [-0.1, -0.05) is 50.2 Å². The van der Waals surface area contributed by atoms with Gasteiger partial charge < -0.3 is 9.84 Å². The molecule has 1 spiro atoms. The van der Waals surface area contributed by atoms with E-state index < -0.39 is 11.9 Å². The van der Waals surface area contributed by atoms with Gasteiger partial charge in [0.2, 0.25) is 0 Å². The second-order valence-electron chi connectivity index (χ2n) is 6.95. The Balaban J connectivity index is 1.96. The molecule has 3 heteroatoms. The van der Waals surface area contributed by atoms with Crippen molar-refractivity contribution in [2.45, 2.75) is 31.2 Å². The second kappa shape index (κ2) is 3.99. The van der Waals surface area contributed by atoms with E-state index in [1.54, 1.807) is 6.20 Å². The lowest BCUT2D eigenvalue weighted by Gasteiger charge is -2.39. The number of pyridine rings is 1. The van der Waals surface area contributed by atoms with Crippen molar-refractivity contribution in [3.05, 3.63) is 77.1 Å². The maximum Gasteiger partial charge on any atom is 0.183 e. The number of hydrogen-bond acceptors (Lipinski definition) is 3. The van der Waals surface area contributed by atoms with Crippen molar-refractivity contribution in [1.29, 1.82) is 0 Å². The van der Waals surface area contributed by atoms with Crippen LogP contribution in [0.4, 0.5) is 0 Å². The van der Waals surface area contributed by atoms with Gasteiger partial charge in [-0.2, -0.15) is 0 Å². The quantitative estimate of drug-likeness (QED) is 0.687. The minimum absolute atomic E-state index is 0.300. The summed E-state index contributed by atoms with van der Waals surface area (Å²) in [5.41, 5.74) is 3.18. The number of rotatable bonds is 0. The highest BCUT2D eigenvalue weighted by atomic mass is 16.6. The van der Waals surface area contributed by atoms with Crippen LogP contribution in [0.5, 0.6) is 0 Å². The maximum atomic E-state index is 10.5. The Bertz CT molecular complexity index is 958. The van der Waals surface area contributed by atoms with Crippen LogP contribution in [0.1, 0.15) is 42.4 Å². The summed E-state index contributed by atoms with van der Waals surface area (Å²) >= 11 is 0. The molecule has 1 aliphatic carbocycles. The minimum atomic E-state index is -0.920. The predicted molar refractivity (Wildman–Crippen MR) is 88.0 cm³/mol. The molecule has 2 aromatic carbocycles. The fourth-order valence-electron chi connectivity index (χ4n) is 4.58. The van der Waals surface area contributed by atoms with Crippen LogP contribution in [-0.2, 0) is 15.8 Å². The molecule has 2 atom stereocenters. The van der Waals surface area contributed by atoms with E-state index in [9.17, 15) is 5.11 Å². The van der Waals surface area contributed by atoms with E-state index in [1.165, 1.54) is 16.3 Å². The summed E-state index contributed by atoms with van der Waals surface area (Å²) < 4.78 is 6.28. The van der Waals surface area contributed by atoms with Crippen LogP contribution in [-0.4, -0.2) is 10.1 Å². The molecule has 1 N–H and O–H groups in total. The number of aromatic nitrogens is 1. The number of fused-ring (bicyclic) bond motifs is 3. The third-order valence-corrected chi connectivity index (χ3v) is 5.63. The average Bonchev–Trinajstić information content (AvgIpc) is 2.97. The Morgan fingerprint density at radius 3 is 2.52 bits per heavy atom. The maximum absolute atomic E-state index is 10.5. The van der Waals surface area contributed by atoms with E-state index in [0.29, 0.717) is 0 Å². The highest BCUT2D eigenvalue weighted by molar-refractivity contribution is 5.94. The zero-order chi connectivity index (χ0) is 15.8. The van der Waals surface area contributed by atoms with Gasteiger partial charge in [0.15, 0.2) is 6.29 Å². The highest BCUT2D eigenvalue weighted by Gasteiger charge is 2.60. The molecule has 23 heavy (non-hydrogen) atoms. The first-order valence-corrected chi connectivity index (χ1v) is 7.90. The van der Waals surface area contributed by atoms with Crippen LogP contribution in [0, 0.1) is 0 Å². The third kappa shape index (κ3) is 1.32. The van der Waals surface area contributed by atoms with Crippen LogP contribution >= 0.6 is 0 Å². The molecule has 1 aliphatic heterocycles. The van der Waals surface area contributed by atoms with Gasteiger partial charge in [0.05, 0.1) is 0 Å². The van der Waals surface area contributed by atoms with Crippen LogP contribution in [0.2, 0.25) is 0 Å². The van der Waals surface area contributed by atoms with Gasteiger partial charge in [0, 0.05) is 28.9 Å². The standard InChI is InChI=1S/C20H17NO2/c1-19(2)14-7-3-5-12-6-4-8-15(17(12)14)20(19)16-11-21-10-9-13(16)18(22)23-20/h3-11,18,22H,1-2H3. The Kier molecular flexibility index (Phi) is 2.30. The lowest BCUT2D eigenvalue weighted by molar-refractivity contribution is -0.175. The predicted octanol–water partition coefficient (Wildman–Crippen LogP) is 3.79. The van der Waals surface area contributed by atoms with Crippen molar-refractivity contribution in [1.82, 2.24) is 4.98 Å². The molecule has 0 bridgehead atoms. The van der Waals surface area contributed by atoms with E-state index >= 15 is 0 Å². The summed E-state index contributed by atoms with van der Waals surface area (Å²) in [6, 6.07) is 14.6. The van der Waals surface area contributed by atoms with E-state index in [0.717, 1.165) is 16.7 Å². The first-order chi connectivity index (χ1) is 11.1. The van der Waals surface area contributed by atoms with E-state index in [1.807, 2.05) is 12.3 Å². The molecule has 114 valence electrons. The Morgan fingerprint density at radius 2 is 1.74 bits per heavy atom. The summed E-state index contributed by atoms with van der Waals surface area (Å²) in [6.07, 6.45) is 2.63. The number of benzene rings is 2. The van der Waals surface area contributed by atoms with Crippen LogP contribution in [0.25, 0.3) is 10.8 Å². The summed E-state index contributed by atoms with van der Waals surface area (Å²) in [5.74, 6) is 0. The van der Waals surface area contributed by atoms with Gasteiger partial charge >= 0.3 is 0 Å².